The predicted molar refractivity (Wildman–Crippen MR) is 204 cm³/mol. The van der Waals surface area contributed by atoms with Crippen LogP contribution >= 0.6 is 0 Å². The van der Waals surface area contributed by atoms with Crippen molar-refractivity contribution in [2.75, 3.05) is 4.90 Å². The van der Waals surface area contributed by atoms with Crippen molar-refractivity contribution >= 4 is 60.4 Å². The second-order valence-electron chi connectivity index (χ2n) is 12.6. The van der Waals surface area contributed by atoms with E-state index in [9.17, 15) is 0 Å². The van der Waals surface area contributed by atoms with E-state index in [2.05, 4.69) is 104 Å². The number of fused-ring (bicyclic) bond motifs is 9. The molecule has 0 fully saturated rings. The maximum Gasteiger partial charge on any atom is 0.0645 e. The van der Waals surface area contributed by atoms with Crippen LogP contribution in [0.15, 0.2) is 158 Å². The van der Waals surface area contributed by atoms with Gasteiger partial charge in [0.05, 0.1) is 27.7 Å². The third-order valence-electron chi connectivity index (χ3n) is 9.73. The summed E-state index contributed by atoms with van der Waals surface area (Å²) in [6.45, 7) is 4.29. The number of nitrogens with zero attached hydrogens (tertiary/aromatic N) is 2. The van der Waals surface area contributed by atoms with Crippen LogP contribution in [-0.2, 0) is 0 Å². The standard InChI is InChI=1S/C46H32N2/c1-29-11-10-12-30(2)46(29)47(35-13-4-3-5-14-35)36-21-19-31-25-40-41-26-32-20-22-37(24-34(32)28-43(41)42(40)27-33(31)23-36)48-44-17-8-6-15-38(44)39-16-7-9-18-45(39)48/h3-28H,1-2H3/i6D,7D,8D,9D,15D,16D,17D,18D. The van der Waals surface area contributed by atoms with Gasteiger partial charge in [-0.3, -0.25) is 0 Å². The van der Waals surface area contributed by atoms with Crippen molar-refractivity contribution in [2.45, 2.75) is 13.8 Å². The van der Waals surface area contributed by atoms with Gasteiger partial charge < -0.3 is 9.47 Å². The number of aromatic nitrogens is 1. The van der Waals surface area contributed by atoms with Crippen molar-refractivity contribution in [3.8, 4) is 27.9 Å². The monoisotopic (exact) mass is 620 g/mol. The average molecular weight is 621 g/mol. The van der Waals surface area contributed by atoms with Crippen LogP contribution in [0.3, 0.4) is 0 Å². The Balaban J connectivity index is 1.14. The molecule has 9 aromatic rings. The Morgan fingerprint density at radius 1 is 0.479 bits per heavy atom. The average Bonchev–Trinajstić information content (AvgIpc) is 3.57. The van der Waals surface area contributed by atoms with Gasteiger partial charge in [-0.15, -0.1) is 0 Å². The molecule has 0 bridgehead atoms. The molecular weight excluding hydrogens is 581 g/mol. The van der Waals surface area contributed by atoms with E-state index < -0.39 is 24.2 Å². The quantitative estimate of drug-likeness (QED) is 0.190. The van der Waals surface area contributed by atoms with Gasteiger partial charge in [-0.05, 0) is 142 Å². The number of rotatable bonds is 4. The maximum atomic E-state index is 8.91. The molecule has 0 spiro atoms. The molecule has 0 unspecified atom stereocenters. The summed E-state index contributed by atoms with van der Waals surface area (Å²) in [6.07, 6.45) is 0. The maximum absolute atomic E-state index is 8.91. The first-order chi connectivity index (χ1) is 26.9. The SMILES string of the molecule is [2H]c1c([2H])c([2H])c2c(c1[2H])c1c([2H])c([2H])c([2H])c([2H])c1n2-c1ccc2cc3c(cc2c1)-c1cc2cc(N(c4ccccc4)c4c(C)cccc4C)ccc2cc1-3. The van der Waals surface area contributed by atoms with Gasteiger partial charge in [0.2, 0.25) is 0 Å². The highest BCUT2D eigenvalue weighted by Crippen LogP contribution is 2.51. The minimum Gasteiger partial charge on any atom is -0.310 e. The van der Waals surface area contributed by atoms with Crippen LogP contribution in [0.2, 0.25) is 0 Å². The second kappa shape index (κ2) is 10.2. The van der Waals surface area contributed by atoms with Gasteiger partial charge in [0.15, 0.2) is 0 Å². The summed E-state index contributed by atoms with van der Waals surface area (Å²) < 4.78 is 70.6. The summed E-state index contributed by atoms with van der Waals surface area (Å²) in [5.41, 5.74) is 11.0. The molecule has 48 heavy (non-hydrogen) atoms. The Labute approximate surface area is 291 Å². The number of anilines is 3. The molecule has 226 valence electrons. The highest BCUT2D eigenvalue weighted by atomic mass is 15.1. The lowest BCUT2D eigenvalue weighted by molar-refractivity contribution is 1.19. The molecule has 0 saturated heterocycles. The highest BCUT2D eigenvalue weighted by molar-refractivity contribution is 6.13. The molecule has 1 heterocycles. The molecule has 2 nitrogen and oxygen atoms in total. The van der Waals surface area contributed by atoms with E-state index in [-0.39, 0.29) is 46.0 Å². The molecule has 0 radical (unpaired) electrons. The number of aryl methyl sites for hydroxylation is 2. The normalized spacial score (nSPS) is 14.3. The number of hydrogen-bond acceptors (Lipinski definition) is 1. The van der Waals surface area contributed by atoms with E-state index in [1.165, 1.54) is 16.7 Å². The van der Waals surface area contributed by atoms with E-state index >= 15 is 0 Å². The van der Waals surface area contributed by atoms with E-state index in [4.69, 9.17) is 11.0 Å². The van der Waals surface area contributed by atoms with Crippen LogP contribution in [0.25, 0.3) is 71.3 Å². The van der Waals surface area contributed by atoms with Crippen LogP contribution in [0, 0.1) is 13.8 Å². The Morgan fingerprint density at radius 3 is 1.65 bits per heavy atom. The van der Waals surface area contributed by atoms with E-state index in [0.29, 0.717) is 5.69 Å². The third-order valence-corrected chi connectivity index (χ3v) is 9.73. The summed E-state index contributed by atoms with van der Waals surface area (Å²) in [4.78, 5) is 2.32. The van der Waals surface area contributed by atoms with Gasteiger partial charge in [-0.2, -0.15) is 0 Å². The van der Waals surface area contributed by atoms with Crippen molar-refractivity contribution in [1.29, 1.82) is 0 Å². The fourth-order valence-electron chi connectivity index (χ4n) is 7.50. The Hall–Kier alpha value is -6.12. The Bertz CT molecular complexity index is 3110. The molecule has 0 saturated carbocycles. The minimum absolute atomic E-state index is 0.0684. The Kier molecular flexibility index (Phi) is 4.29. The third kappa shape index (κ3) is 3.93. The number of para-hydroxylation sites is 4. The lowest BCUT2D eigenvalue weighted by atomic mass is 9.78. The Morgan fingerprint density at radius 2 is 1.02 bits per heavy atom. The first kappa shape index (κ1) is 20.2. The van der Waals surface area contributed by atoms with E-state index in [0.717, 1.165) is 55.3 Å². The second-order valence-corrected chi connectivity index (χ2v) is 12.6. The van der Waals surface area contributed by atoms with Crippen molar-refractivity contribution in [1.82, 2.24) is 4.57 Å². The van der Waals surface area contributed by atoms with Gasteiger partial charge >= 0.3 is 0 Å². The molecular formula is C46H32N2. The zero-order valence-electron chi connectivity index (χ0n) is 34.3. The summed E-state index contributed by atoms with van der Waals surface area (Å²) in [7, 11) is 0. The van der Waals surface area contributed by atoms with Crippen LogP contribution in [0.5, 0.6) is 0 Å². The van der Waals surface area contributed by atoms with Crippen molar-refractivity contribution in [3.05, 3.63) is 169 Å². The number of benzene rings is 8. The zero-order valence-corrected chi connectivity index (χ0v) is 26.3. The lowest BCUT2D eigenvalue weighted by Crippen LogP contribution is -2.12. The fourth-order valence-corrected chi connectivity index (χ4v) is 7.50. The largest absolute Gasteiger partial charge is 0.310 e. The molecule has 10 rings (SSSR count). The van der Waals surface area contributed by atoms with Crippen molar-refractivity contribution < 1.29 is 11.0 Å². The van der Waals surface area contributed by atoms with Crippen LogP contribution in [0.1, 0.15) is 22.1 Å². The van der Waals surface area contributed by atoms with Crippen LogP contribution < -0.4 is 4.90 Å². The van der Waals surface area contributed by atoms with Crippen molar-refractivity contribution in [3.63, 3.8) is 0 Å². The summed E-state index contributed by atoms with van der Waals surface area (Å²) in [5.74, 6) is 0. The number of hydrogen-bond donors (Lipinski definition) is 0. The summed E-state index contributed by atoms with van der Waals surface area (Å²) in [6, 6.07) is 34.9. The van der Waals surface area contributed by atoms with Gasteiger partial charge in [0.25, 0.3) is 0 Å². The molecule has 0 aliphatic heterocycles. The van der Waals surface area contributed by atoms with Gasteiger partial charge in [-0.25, -0.2) is 0 Å². The smallest absolute Gasteiger partial charge is 0.0645 e. The first-order valence-electron chi connectivity index (χ1n) is 20.0. The summed E-state index contributed by atoms with van der Waals surface area (Å²) >= 11 is 0. The van der Waals surface area contributed by atoms with E-state index in [1.54, 1.807) is 4.57 Å². The molecule has 1 aliphatic rings. The molecule has 0 atom stereocenters. The molecule has 1 aromatic heterocycles. The first-order valence-corrected chi connectivity index (χ1v) is 16.0. The topological polar surface area (TPSA) is 8.17 Å². The minimum atomic E-state index is -0.455. The summed E-state index contributed by atoms with van der Waals surface area (Å²) in [5, 5.41) is 4.26. The van der Waals surface area contributed by atoms with E-state index in [1.807, 2.05) is 24.3 Å². The van der Waals surface area contributed by atoms with Crippen LogP contribution in [-0.4, -0.2) is 4.57 Å². The van der Waals surface area contributed by atoms with Crippen molar-refractivity contribution in [2.24, 2.45) is 0 Å². The predicted octanol–water partition coefficient (Wildman–Crippen LogP) is 12.8. The fraction of sp³-hybridized carbons (Fsp3) is 0.0435. The van der Waals surface area contributed by atoms with Crippen LogP contribution in [0.4, 0.5) is 17.1 Å². The van der Waals surface area contributed by atoms with Gasteiger partial charge in [-0.1, -0.05) is 84.8 Å². The van der Waals surface area contributed by atoms with Gasteiger partial charge in [0.1, 0.15) is 0 Å². The zero-order chi connectivity index (χ0) is 38.9. The molecule has 0 amide bonds. The lowest BCUT2D eigenvalue weighted by Gasteiger charge is -2.29. The molecule has 0 N–H and O–H groups in total. The molecule has 1 aliphatic carbocycles. The van der Waals surface area contributed by atoms with Gasteiger partial charge in [0, 0.05) is 27.8 Å². The molecule has 2 heteroatoms. The molecule has 8 aromatic carbocycles. The highest BCUT2D eigenvalue weighted by Gasteiger charge is 2.25.